The molecule has 0 bridgehead atoms. The Hall–Kier alpha value is -2.83. The predicted octanol–water partition coefficient (Wildman–Crippen LogP) is 2.75. The van der Waals surface area contributed by atoms with Gasteiger partial charge in [0.15, 0.2) is 11.8 Å². The van der Waals surface area contributed by atoms with E-state index in [1.807, 2.05) is 0 Å². The van der Waals surface area contributed by atoms with Crippen LogP contribution < -0.4 is 9.84 Å². The molecule has 1 aromatic rings. The Morgan fingerprint density at radius 2 is 1.92 bits per heavy atom. The third-order valence-corrected chi connectivity index (χ3v) is 8.21. The molecule has 2 aliphatic heterocycles. The lowest BCUT2D eigenvalue weighted by atomic mass is 9.93. The molecule has 216 valence electrons. The SMILES string of the molecule is C=C1NC(=O)C(F)=CN1[C@@H]1O[C@H]([C@@H](C)O[P@](=O)(C[C@@H](C)C(=O)OC(C)C)Oc2ccccc2)[C@H](O)C1(O)CF. The van der Waals surface area contributed by atoms with Gasteiger partial charge in [0.1, 0.15) is 30.5 Å². The second kappa shape index (κ2) is 12.1. The number of benzene rings is 1. The highest BCUT2D eigenvalue weighted by atomic mass is 31.2. The molecular weight excluding hydrogens is 541 g/mol. The highest BCUT2D eigenvalue weighted by molar-refractivity contribution is 7.54. The Kier molecular flexibility index (Phi) is 9.56. The number of carbonyl (C=O) groups is 2. The van der Waals surface area contributed by atoms with Gasteiger partial charge in [-0.15, -0.1) is 0 Å². The standard InChI is InChI=1S/C25H33F2N2O9P/c1-14(2)35-23(32)15(3)12-39(34,38-18-9-7-6-8-10-18)37-16(4)20-21(30)25(33,13-26)24(36-20)29-11-19(27)22(31)28-17(29)5/h6-11,14-16,20-21,24,30,33H,5,12-13H2,1-4H3,(H,28,31)/t15-,16-,20-,21+,24-,25?,39-/m1/s1. The van der Waals surface area contributed by atoms with Crippen molar-refractivity contribution in [2.75, 3.05) is 12.8 Å². The van der Waals surface area contributed by atoms with Crippen LogP contribution in [-0.4, -0.2) is 76.1 Å². The van der Waals surface area contributed by atoms with E-state index < -0.39 is 80.3 Å². The molecule has 1 fully saturated rings. The molecule has 1 unspecified atom stereocenters. The Balaban J connectivity index is 1.87. The molecule has 0 saturated carbocycles. The van der Waals surface area contributed by atoms with E-state index in [9.17, 15) is 33.1 Å². The van der Waals surface area contributed by atoms with Gasteiger partial charge in [0.25, 0.3) is 5.91 Å². The minimum Gasteiger partial charge on any atom is -0.463 e. The lowest BCUT2D eigenvalue weighted by Crippen LogP contribution is -2.57. The van der Waals surface area contributed by atoms with E-state index >= 15 is 0 Å². The molecule has 11 nitrogen and oxygen atoms in total. The van der Waals surface area contributed by atoms with Gasteiger partial charge in [-0.05, 0) is 32.9 Å². The number of alkyl halides is 1. The molecule has 0 aliphatic carbocycles. The fourth-order valence-electron chi connectivity index (χ4n) is 4.13. The van der Waals surface area contributed by atoms with Crippen molar-refractivity contribution in [3.05, 3.63) is 54.8 Å². The maximum absolute atomic E-state index is 14.1. The number of esters is 1. The predicted molar refractivity (Wildman–Crippen MR) is 134 cm³/mol. The number of hydrogen-bond acceptors (Lipinski definition) is 10. The number of ether oxygens (including phenoxy) is 2. The Bertz CT molecular complexity index is 1150. The van der Waals surface area contributed by atoms with Gasteiger partial charge in [0.05, 0.1) is 24.3 Å². The zero-order chi connectivity index (χ0) is 29.1. The van der Waals surface area contributed by atoms with Crippen LogP contribution >= 0.6 is 7.60 Å². The number of amides is 1. The van der Waals surface area contributed by atoms with E-state index in [4.69, 9.17) is 18.5 Å². The van der Waals surface area contributed by atoms with Crippen LogP contribution in [-0.2, 0) is 28.2 Å². The number of halogens is 2. The zero-order valence-corrected chi connectivity index (χ0v) is 22.8. The van der Waals surface area contributed by atoms with Crippen LogP contribution in [0, 0.1) is 5.92 Å². The summed E-state index contributed by atoms with van der Waals surface area (Å²) in [5, 5.41) is 24.0. The Morgan fingerprint density at radius 1 is 1.28 bits per heavy atom. The number of nitrogens with one attached hydrogen (secondary N) is 1. The van der Waals surface area contributed by atoms with Crippen LogP contribution in [0.1, 0.15) is 27.7 Å². The Morgan fingerprint density at radius 3 is 2.51 bits per heavy atom. The van der Waals surface area contributed by atoms with Crippen LogP contribution in [0.15, 0.2) is 54.8 Å². The van der Waals surface area contributed by atoms with Gasteiger partial charge >= 0.3 is 13.6 Å². The minimum absolute atomic E-state index is 0.171. The van der Waals surface area contributed by atoms with Crippen molar-refractivity contribution in [1.82, 2.24) is 10.2 Å². The van der Waals surface area contributed by atoms with Crippen molar-refractivity contribution in [3.8, 4) is 5.75 Å². The van der Waals surface area contributed by atoms with Crippen LogP contribution in [0.3, 0.4) is 0 Å². The second-order valence-corrected chi connectivity index (χ2v) is 11.7. The normalized spacial score (nSPS) is 28.4. The molecule has 2 heterocycles. The molecule has 1 saturated heterocycles. The quantitative estimate of drug-likeness (QED) is 0.267. The molecule has 0 aromatic heterocycles. The molecule has 2 aliphatic rings. The summed E-state index contributed by atoms with van der Waals surface area (Å²) in [6.07, 6.45) is -6.71. The lowest BCUT2D eigenvalue weighted by Gasteiger charge is -2.37. The first-order valence-electron chi connectivity index (χ1n) is 12.2. The summed E-state index contributed by atoms with van der Waals surface area (Å²) in [6.45, 7) is 8.15. The number of nitrogens with zero attached hydrogens (tertiary/aromatic N) is 1. The van der Waals surface area contributed by atoms with Crippen molar-refractivity contribution in [2.24, 2.45) is 5.92 Å². The number of carbonyl (C=O) groups excluding carboxylic acids is 2. The summed E-state index contributed by atoms with van der Waals surface area (Å²) < 4.78 is 64.4. The maximum atomic E-state index is 14.1. The molecule has 7 atom stereocenters. The smallest absolute Gasteiger partial charge is 0.380 e. The van der Waals surface area contributed by atoms with Crippen molar-refractivity contribution in [1.29, 1.82) is 0 Å². The monoisotopic (exact) mass is 574 g/mol. The fourth-order valence-corrected chi connectivity index (χ4v) is 6.22. The maximum Gasteiger partial charge on any atom is 0.380 e. The van der Waals surface area contributed by atoms with Gasteiger partial charge < -0.3 is 34.4 Å². The highest BCUT2D eigenvalue weighted by Crippen LogP contribution is 2.52. The number of para-hydroxylation sites is 1. The molecule has 1 amide bonds. The summed E-state index contributed by atoms with van der Waals surface area (Å²) in [7, 11) is -4.19. The molecule has 3 rings (SSSR count). The molecule has 14 heteroatoms. The van der Waals surface area contributed by atoms with E-state index in [1.54, 1.807) is 32.0 Å². The van der Waals surface area contributed by atoms with Crippen molar-refractivity contribution < 1.29 is 51.7 Å². The number of aliphatic hydroxyl groups is 2. The van der Waals surface area contributed by atoms with E-state index in [-0.39, 0.29) is 11.6 Å². The van der Waals surface area contributed by atoms with Gasteiger partial charge in [-0.1, -0.05) is 31.7 Å². The largest absolute Gasteiger partial charge is 0.463 e. The van der Waals surface area contributed by atoms with Gasteiger partial charge in [-0.3, -0.25) is 14.1 Å². The molecule has 39 heavy (non-hydrogen) atoms. The first-order valence-corrected chi connectivity index (χ1v) is 13.9. The zero-order valence-electron chi connectivity index (χ0n) is 22.0. The third kappa shape index (κ3) is 6.85. The van der Waals surface area contributed by atoms with Crippen LogP contribution in [0.25, 0.3) is 0 Å². The Labute approximate surface area is 224 Å². The van der Waals surface area contributed by atoms with Crippen molar-refractivity contribution in [3.63, 3.8) is 0 Å². The van der Waals surface area contributed by atoms with E-state index in [2.05, 4.69) is 11.9 Å². The fraction of sp³-hybridized carbons (Fsp3) is 0.520. The van der Waals surface area contributed by atoms with Gasteiger partial charge in [-0.2, -0.15) is 4.39 Å². The molecular formula is C25H33F2N2O9P. The first-order chi connectivity index (χ1) is 18.2. The second-order valence-electron chi connectivity index (χ2n) is 9.70. The van der Waals surface area contributed by atoms with Crippen LogP contribution in [0.2, 0.25) is 0 Å². The van der Waals surface area contributed by atoms with Gasteiger partial charge in [0, 0.05) is 6.20 Å². The molecule has 0 spiro atoms. The molecule has 0 radical (unpaired) electrons. The molecule has 1 aromatic carbocycles. The van der Waals surface area contributed by atoms with E-state index in [0.717, 1.165) is 4.90 Å². The summed E-state index contributed by atoms with van der Waals surface area (Å²) >= 11 is 0. The summed E-state index contributed by atoms with van der Waals surface area (Å²) in [4.78, 5) is 24.8. The van der Waals surface area contributed by atoms with Crippen molar-refractivity contribution >= 4 is 19.5 Å². The first kappa shape index (κ1) is 30.7. The topological polar surface area (TPSA) is 144 Å². The minimum atomic E-state index is -4.19. The average molecular weight is 575 g/mol. The summed E-state index contributed by atoms with van der Waals surface area (Å²) in [5.74, 6) is -4.00. The lowest BCUT2D eigenvalue weighted by molar-refractivity contribution is -0.151. The van der Waals surface area contributed by atoms with E-state index in [1.165, 1.54) is 26.0 Å². The summed E-state index contributed by atoms with van der Waals surface area (Å²) in [6, 6.07) is 8.01. The number of hydrogen-bond donors (Lipinski definition) is 3. The number of aliphatic hydroxyl groups excluding tert-OH is 1. The van der Waals surface area contributed by atoms with E-state index in [0.29, 0.717) is 6.20 Å². The molecule has 3 N–H and O–H groups in total. The highest BCUT2D eigenvalue weighted by Gasteiger charge is 2.60. The summed E-state index contributed by atoms with van der Waals surface area (Å²) in [5.41, 5.74) is -2.62. The van der Waals surface area contributed by atoms with Crippen LogP contribution in [0.5, 0.6) is 5.75 Å². The van der Waals surface area contributed by atoms with Crippen LogP contribution in [0.4, 0.5) is 8.78 Å². The van der Waals surface area contributed by atoms with Crippen molar-refractivity contribution in [2.45, 2.75) is 63.9 Å². The van der Waals surface area contributed by atoms with Gasteiger partial charge in [-0.25, -0.2) is 8.96 Å². The third-order valence-electron chi connectivity index (χ3n) is 6.07. The van der Waals surface area contributed by atoms with Gasteiger partial charge in [0.2, 0.25) is 5.83 Å². The number of rotatable bonds is 11. The average Bonchev–Trinajstić information content (AvgIpc) is 3.12.